The van der Waals surface area contributed by atoms with Crippen molar-refractivity contribution >= 4 is 17.5 Å². The van der Waals surface area contributed by atoms with Gasteiger partial charge in [-0.1, -0.05) is 12.1 Å². The van der Waals surface area contributed by atoms with Crippen molar-refractivity contribution in [3.05, 3.63) is 47.3 Å². The second-order valence-electron chi connectivity index (χ2n) is 5.11. The Morgan fingerprint density at radius 2 is 2.09 bits per heavy atom. The van der Waals surface area contributed by atoms with Crippen LogP contribution in [0.25, 0.3) is 0 Å². The van der Waals surface area contributed by atoms with Crippen molar-refractivity contribution in [2.45, 2.75) is 6.43 Å². The highest BCUT2D eigenvalue weighted by molar-refractivity contribution is 6.10. The SMILES string of the molecule is Cn1nc(C(=O)N2CCNC(=O)c3ccccc32)cc1C(F)F. The molecule has 1 N–H and O–H groups in total. The van der Waals surface area contributed by atoms with Crippen molar-refractivity contribution in [2.75, 3.05) is 18.0 Å². The second-order valence-corrected chi connectivity index (χ2v) is 5.11. The Morgan fingerprint density at radius 3 is 2.78 bits per heavy atom. The lowest BCUT2D eigenvalue weighted by atomic mass is 10.1. The number of nitrogens with zero attached hydrogens (tertiary/aromatic N) is 3. The van der Waals surface area contributed by atoms with Gasteiger partial charge in [0.2, 0.25) is 0 Å². The average Bonchev–Trinajstić information content (AvgIpc) is 2.84. The summed E-state index contributed by atoms with van der Waals surface area (Å²) in [5.41, 5.74) is 0.401. The highest BCUT2D eigenvalue weighted by atomic mass is 19.3. The van der Waals surface area contributed by atoms with Crippen LogP contribution >= 0.6 is 0 Å². The molecule has 0 atom stereocenters. The number of carbonyl (C=O) groups excluding carboxylic acids is 2. The monoisotopic (exact) mass is 320 g/mol. The molecule has 6 nitrogen and oxygen atoms in total. The molecule has 1 aromatic heterocycles. The first-order valence-corrected chi connectivity index (χ1v) is 7.00. The van der Waals surface area contributed by atoms with E-state index in [1.165, 1.54) is 11.9 Å². The van der Waals surface area contributed by atoms with E-state index in [2.05, 4.69) is 10.4 Å². The summed E-state index contributed by atoms with van der Waals surface area (Å²) in [6.45, 7) is 0.510. The quantitative estimate of drug-likeness (QED) is 0.916. The number of amides is 2. The van der Waals surface area contributed by atoms with Gasteiger partial charge in [-0.3, -0.25) is 14.3 Å². The van der Waals surface area contributed by atoms with Crippen molar-refractivity contribution in [1.29, 1.82) is 0 Å². The lowest BCUT2D eigenvalue weighted by Gasteiger charge is -2.20. The first kappa shape index (κ1) is 15.1. The van der Waals surface area contributed by atoms with Gasteiger partial charge >= 0.3 is 0 Å². The lowest BCUT2D eigenvalue weighted by molar-refractivity contribution is 0.0953. The summed E-state index contributed by atoms with van der Waals surface area (Å²) in [4.78, 5) is 26.0. The van der Waals surface area contributed by atoms with Crippen LogP contribution in [0.15, 0.2) is 30.3 Å². The zero-order chi connectivity index (χ0) is 16.6. The van der Waals surface area contributed by atoms with Crippen LogP contribution in [0.4, 0.5) is 14.5 Å². The molecule has 23 heavy (non-hydrogen) atoms. The number of hydrogen-bond donors (Lipinski definition) is 1. The van der Waals surface area contributed by atoms with E-state index in [0.29, 0.717) is 11.3 Å². The summed E-state index contributed by atoms with van der Waals surface area (Å²) < 4.78 is 26.7. The minimum Gasteiger partial charge on any atom is -0.350 e. The van der Waals surface area contributed by atoms with Crippen molar-refractivity contribution in [1.82, 2.24) is 15.1 Å². The number of carbonyl (C=O) groups is 2. The summed E-state index contributed by atoms with van der Waals surface area (Å²) in [6.07, 6.45) is -2.71. The number of alkyl halides is 2. The highest BCUT2D eigenvalue weighted by Crippen LogP contribution is 2.25. The molecular weight excluding hydrogens is 306 g/mol. The van der Waals surface area contributed by atoms with Gasteiger partial charge in [0, 0.05) is 20.1 Å². The van der Waals surface area contributed by atoms with E-state index in [1.54, 1.807) is 24.3 Å². The maximum atomic E-state index is 12.9. The molecule has 0 fully saturated rings. The van der Waals surface area contributed by atoms with Crippen molar-refractivity contribution in [3.8, 4) is 0 Å². The molecule has 8 heteroatoms. The second kappa shape index (κ2) is 5.79. The molecule has 0 spiro atoms. The standard InChI is InChI=1S/C15H14F2N4O2/c1-20-12(13(16)17)8-10(19-20)15(23)21-7-6-18-14(22)9-4-2-3-5-11(9)21/h2-5,8,13H,6-7H2,1H3,(H,18,22). The van der Waals surface area contributed by atoms with E-state index in [9.17, 15) is 18.4 Å². The number of halogens is 2. The molecule has 1 aliphatic heterocycles. The zero-order valence-corrected chi connectivity index (χ0v) is 12.3. The van der Waals surface area contributed by atoms with Gasteiger partial charge in [0.1, 0.15) is 5.69 Å². The molecule has 2 aromatic rings. The Morgan fingerprint density at radius 1 is 1.35 bits per heavy atom. The van der Waals surface area contributed by atoms with Crippen LogP contribution in [-0.2, 0) is 7.05 Å². The Hall–Kier alpha value is -2.77. The summed E-state index contributed by atoms with van der Waals surface area (Å²) in [5.74, 6) is -0.790. The maximum Gasteiger partial charge on any atom is 0.280 e. The predicted octanol–water partition coefficient (Wildman–Crippen LogP) is 1.75. The molecule has 0 bridgehead atoms. The van der Waals surface area contributed by atoms with Gasteiger partial charge in [-0.15, -0.1) is 0 Å². The third-order valence-corrected chi connectivity index (χ3v) is 3.66. The van der Waals surface area contributed by atoms with E-state index < -0.39 is 12.3 Å². The van der Waals surface area contributed by atoms with Crippen LogP contribution < -0.4 is 10.2 Å². The molecular formula is C15H14F2N4O2. The smallest absolute Gasteiger partial charge is 0.280 e. The summed E-state index contributed by atoms with van der Waals surface area (Å²) >= 11 is 0. The molecule has 1 aliphatic rings. The van der Waals surface area contributed by atoms with Gasteiger partial charge in [0.15, 0.2) is 5.69 Å². The van der Waals surface area contributed by atoms with Crippen LogP contribution in [0.2, 0.25) is 0 Å². The number of hydrogen-bond acceptors (Lipinski definition) is 3. The van der Waals surface area contributed by atoms with Crippen molar-refractivity contribution in [3.63, 3.8) is 0 Å². The van der Waals surface area contributed by atoms with Crippen molar-refractivity contribution in [2.24, 2.45) is 7.05 Å². The van der Waals surface area contributed by atoms with E-state index >= 15 is 0 Å². The van der Waals surface area contributed by atoms with Gasteiger partial charge in [0.05, 0.1) is 11.3 Å². The highest BCUT2D eigenvalue weighted by Gasteiger charge is 2.28. The fourth-order valence-corrected chi connectivity index (χ4v) is 2.54. The van der Waals surface area contributed by atoms with Crippen molar-refractivity contribution < 1.29 is 18.4 Å². The first-order chi connectivity index (χ1) is 11.0. The Balaban J connectivity index is 2.00. The van der Waals surface area contributed by atoms with E-state index in [4.69, 9.17) is 0 Å². The Bertz CT molecular complexity index is 773. The molecule has 0 aliphatic carbocycles. The lowest BCUT2D eigenvalue weighted by Crippen LogP contribution is -2.35. The van der Waals surface area contributed by atoms with E-state index in [-0.39, 0.29) is 30.4 Å². The molecule has 0 saturated heterocycles. The van der Waals surface area contributed by atoms with Gasteiger partial charge in [-0.05, 0) is 18.2 Å². The van der Waals surface area contributed by atoms with Crippen LogP contribution in [0.1, 0.15) is 33.0 Å². The largest absolute Gasteiger partial charge is 0.350 e. The van der Waals surface area contributed by atoms with Crippen LogP contribution in [0.3, 0.4) is 0 Å². The topological polar surface area (TPSA) is 67.2 Å². The molecule has 120 valence electrons. The Labute approximate surface area is 130 Å². The summed E-state index contributed by atoms with van der Waals surface area (Å²) in [7, 11) is 1.36. The number of aryl methyl sites for hydroxylation is 1. The van der Waals surface area contributed by atoms with Gasteiger partial charge in [-0.2, -0.15) is 5.10 Å². The Kier molecular flexibility index (Phi) is 3.81. The van der Waals surface area contributed by atoms with E-state index in [0.717, 1.165) is 10.7 Å². The fourth-order valence-electron chi connectivity index (χ4n) is 2.54. The number of nitrogens with one attached hydrogen (secondary N) is 1. The average molecular weight is 320 g/mol. The number of aromatic nitrogens is 2. The first-order valence-electron chi connectivity index (χ1n) is 7.00. The molecule has 0 unspecified atom stereocenters. The molecule has 0 saturated carbocycles. The molecule has 1 aromatic carbocycles. The molecule has 2 heterocycles. The van der Waals surface area contributed by atoms with Crippen LogP contribution in [-0.4, -0.2) is 34.7 Å². The maximum absolute atomic E-state index is 12.9. The predicted molar refractivity (Wildman–Crippen MR) is 78.6 cm³/mol. The van der Waals surface area contributed by atoms with Crippen LogP contribution in [0, 0.1) is 0 Å². The number of para-hydroxylation sites is 1. The summed E-state index contributed by atoms with van der Waals surface area (Å²) in [5, 5.41) is 6.56. The third kappa shape index (κ3) is 2.67. The van der Waals surface area contributed by atoms with Gasteiger partial charge < -0.3 is 10.2 Å². The molecule has 2 amide bonds. The van der Waals surface area contributed by atoms with Gasteiger partial charge in [-0.25, -0.2) is 8.78 Å². The minimum absolute atomic E-state index is 0.0769. The molecule has 3 rings (SSSR count). The minimum atomic E-state index is -2.71. The normalized spacial score (nSPS) is 14.4. The zero-order valence-electron chi connectivity index (χ0n) is 12.3. The fraction of sp³-hybridized carbons (Fsp3) is 0.267. The van der Waals surface area contributed by atoms with Crippen LogP contribution in [0.5, 0.6) is 0 Å². The number of benzene rings is 1. The number of rotatable bonds is 2. The third-order valence-electron chi connectivity index (χ3n) is 3.66. The van der Waals surface area contributed by atoms with E-state index in [1.807, 2.05) is 0 Å². The van der Waals surface area contributed by atoms with Gasteiger partial charge in [0.25, 0.3) is 18.2 Å². The summed E-state index contributed by atoms with van der Waals surface area (Å²) in [6, 6.07) is 7.74. The molecule has 0 radical (unpaired) electrons. The number of anilines is 1. The number of fused-ring (bicyclic) bond motifs is 1.